The van der Waals surface area contributed by atoms with Crippen molar-refractivity contribution in [2.24, 2.45) is 0 Å². The predicted octanol–water partition coefficient (Wildman–Crippen LogP) is 6.34. The van der Waals surface area contributed by atoms with E-state index >= 15 is 0 Å². The molecule has 0 aliphatic carbocycles. The van der Waals surface area contributed by atoms with Crippen LogP contribution in [0.25, 0.3) is 32.8 Å². The number of anilines is 1. The Morgan fingerprint density at radius 2 is 1.71 bits per heavy atom. The van der Waals surface area contributed by atoms with E-state index in [9.17, 15) is 0 Å². The molecule has 0 spiro atoms. The van der Waals surface area contributed by atoms with Gasteiger partial charge in [-0.15, -0.1) is 11.3 Å². The third-order valence-electron chi connectivity index (χ3n) is 4.63. The lowest BCUT2D eigenvalue weighted by Gasteiger charge is -2.12. The lowest BCUT2D eigenvalue weighted by Crippen LogP contribution is -2.33. The molecule has 0 N–H and O–H groups in total. The van der Waals surface area contributed by atoms with Gasteiger partial charge in [-0.05, 0) is 48.0 Å². The van der Waals surface area contributed by atoms with Crippen LogP contribution in [0, 0.1) is 0 Å². The van der Waals surface area contributed by atoms with Gasteiger partial charge in [0.05, 0.1) is 0 Å². The van der Waals surface area contributed by atoms with Gasteiger partial charge in [-0.25, -0.2) is 0 Å². The van der Waals surface area contributed by atoms with Crippen molar-refractivity contribution in [3.8, 4) is 10.4 Å². The molecule has 0 saturated heterocycles. The third-order valence-corrected chi connectivity index (χ3v) is 6.86. The van der Waals surface area contributed by atoms with Crippen LogP contribution in [0.5, 0.6) is 0 Å². The minimum atomic E-state index is 0.817. The highest BCUT2D eigenvalue weighted by Crippen LogP contribution is 2.31. The second-order valence-corrected chi connectivity index (χ2v) is 8.96. The Morgan fingerprint density at radius 3 is 2.46 bits per heavy atom. The van der Waals surface area contributed by atoms with Crippen molar-refractivity contribution in [1.29, 1.82) is 0 Å². The van der Waals surface area contributed by atoms with E-state index in [1.165, 1.54) is 36.2 Å². The van der Waals surface area contributed by atoms with Gasteiger partial charge in [0.25, 0.3) is 5.01 Å². The SMILES string of the molecule is C=CC[n+]1c(/C=C/c2ccc(-c3ccc(N(C)C)cc3)s2)sc2ccccc21. The summed E-state index contributed by atoms with van der Waals surface area (Å²) in [6, 6.07) is 21.7. The molecule has 0 fully saturated rings. The summed E-state index contributed by atoms with van der Waals surface area (Å²) in [6.45, 7) is 4.73. The van der Waals surface area contributed by atoms with Gasteiger partial charge in [-0.3, -0.25) is 0 Å². The van der Waals surface area contributed by atoms with Crippen LogP contribution in [0.3, 0.4) is 0 Å². The van der Waals surface area contributed by atoms with Crippen molar-refractivity contribution in [3.63, 3.8) is 0 Å². The first-order chi connectivity index (χ1) is 13.7. The Morgan fingerprint density at radius 1 is 0.929 bits per heavy atom. The fourth-order valence-corrected chi connectivity index (χ4v) is 5.16. The van der Waals surface area contributed by atoms with Gasteiger partial charge in [-0.2, -0.15) is 4.57 Å². The molecular formula is C24H23N2S2+. The van der Waals surface area contributed by atoms with Gasteiger partial charge in [0, 0.05) is 41.7 Å². The Bertz CT molecular complexity index is 1130. The number of thiazole rings is 1. The smallest absolute Gasteiger partial charge is 0.263 e. The second-order valence-electron chi connectivity index (χ2n) is 6.78. The van der Waals surface area contributed by atoms with E-state index in [4.69, 9.17) is 0 Å². The molecule has 2 nitrogen and oxygen atoms in total. The molecule has 140 valence electrons. The van der Waals surface area contributed by atoms with Gasteiger partial charge in [-0.1, -0.05) is 42.2 Å². The maximum absolute atomic E-state index is 3.91. The topological polar surface area (TPSA) is 7.12 Å². The maximum atomic E-state index is 3.91. The molecule has 4 rings (SSSR count). The van der Waals surface area contributed by atoms with Crippen LogP contribution in [0.2, 0.25) is 0 Å². The van der Waals surface area contributed by atoms with Crippen molar-refractivity contribution < 1.29 is 4.57 Å². The fourth-order valence-electron chi connectivity index (χ4n) is 3.17. The minimum Gasteiger partial charge on any atom is -0.378 e. The quantitative estimate of drug-likeness (QED) is 0.269. The van der Waals surface area contributed by atoms with Gasteiger partial charge in [0.1, 0.15) is 4.70 Å². The first-order valence-electron chi connectivity index (χ1n) is 9.23. The van der Waals surface area contributed by atoms with Crippen LogP contribution in [0.1, 0.15) is 9.88 Å². The van der Waals surface area contributed by atoms with Crippen LogP contribution in [0.15, 0.2) is 73.3 Å². The van der Waals surface area contributed by atoms with Crippen LogP contribution in [-0.2, 0) is 6.54 Å². The maximum Gasteiger partial charge on any atom is 0.263 e. The largest absolute Gasteiger partial charge is 0.378 e. The summed E-state index contributed by atoms with van der Waals surface area (Å²) in [7, 11) is 4.13. The normalized spacial score (nSPS) is 11.4. The van der Waals surface area contributed by atoms with E-state index in [1.807, 2.05) is 28.7 Å². The molecule has 2 aromatic carbocycles. The standard InChI is InChI=1S/C24H23N2S2/c1-4-17-26-21-7-5-6-8-23(21)28-24(26)16-14-20-13-15-22(27-20)18-9-11-19(12-10-18)25(2)3/h4-16H,1,17H2,2-3H3/q+1. The summed E-state index contributed by atoms with van der Waals surface area (Å²) in [6.07, 6.45) is 6.39. The van der Waals surface area contributed by atoms with Crippen molar-refractivity contribution in [2.75, 3.05) is 19.0 Å². The van der Waals surface area contributed by atoms with E-state index in [0.717, 1.165) is 6.54 Å². The summed E-state index contributed by atoms with van der Waals surface area (Å²) >= 11 is 3.64. The first-order valence-corrected chi connectivity index (χ1v) is 10.9. The Balaban J connectivity index is 1.60. The molecular weight excluding hydrogens is 380 g/mol. The molecule has 0 unspecified atom stereocenters. The van der Waals surface area contributed by atoms with E-state index in [2.05, 4.69) is 103 Å². The molecule has 2 aromatic heterocycles. The number of hydrogen-bond acceptors (Lipinski definition) is 3. The number of nitrogens with zero attached hydrogens (tertiary/aromatic N) is 2. The molecule has 2 heterocycles. The van der Waals surface area contributed by atoms with Crippen molar-refractivity contribution in [2.45, 2.75) is 6.54 Å². The third kappa shape index (κ3) is 3.79. The molecule has 0 radical (unpaired) electrons. The van der Waals surface area contributed by atoms with E-state index in [-0.39, 0.29) is 0 Å². The van der Waals surface area contributed by atoms with E-state index in [0.29, 0.717) is 0 Å². The molecule has 0 saturated carbocycles. The lowest BCUT2D eigenvalue weighted by atomic mass is 10.1. The van der Waals surface area contributed by atoms with Crippen LogP contribution in [0.4, 0.5) is 5.69 Å². The number of hydrogen-bond donors (Lipinski definition) is 0. The molecule has 4 aromatic rings. The summed E-state index contributed by atoms with van der Waals surface area (Å²) in [4.78, 5) is 4.67. The van der Waals surface area contributed by atoms with Gasteiger partial charge < -0.3 is 4.90 Å². The zero-order chi connectivity index (χ0) is 19.5. The number of aromatic nitrogens is 1. The highest BCUT2D eigenvalue weighted by Gasteiger charge is 2.16. The molecule has 4 heteroatoms. The van der Waals surface area contributed by atoms with Gasteiger partial charge >= 0.3 is 0 Å². The molecule has 0 aliphatic heterocycles. The molecule has 0 bridgehead atoms. The van der Waals surface area contributed by atoms with Crippen molar-refractivity contribution in [1.82, 2.24) is 0 Å². The Labute approximate surface area is 174 Å². The average Bonchev–Trinajstić information content (AvgIpc) is 3.32. The van der Waals surface area contributed by atoms with Crippen molar-refractivity contribution >= 4 is 50.7 Å². The number of thiophene rings is 1. The molecule has 28 heavy (non-hydrogen) atoms. The highest BCUT2D eigenvalue weighted by molar-refractivity contribution is 7.19. The number of allylic oxidation sites excluding steroid dienone is 1. The Kier molecular flexibility index (Phi) is 5.42. The summed E-state index contributed by atoms with van der Waals surface area (Å²) in [5.74, 6) is 0. The fraction of sp³-hybridized carbons (Fsp3) is 0.125. The minimum absolute atomic E-state index is 0.817. The summed E-state index contributed by atoms with van der Waals surface area (Å²) in [5.41, 5.74) is 3.75. The first kappa shape index (κ1) is 18.7. The number of fused-ring (bicyclic) bond motifs is 1. The Hall–Kier alpha value is -2.69. The average molecular weight is 404 g/mol. The van der Waals surface area contributed by atoms with Crippen LogP contribution >= 0.6 is 22.7 Å². The molecule has 0 amide bonds. The molecule has 0 atom stereocenters. The summed E-state index contributed by atoms with van der Waals surface area (Å²) in [5, 5.41) is 1.24. The lowest BCUT2D eigenvalue weighted by molar-refractivity contribution is -0.658. The highest BCUT2D eigenvalue weighted by atomic mass is 32.1. The van der Waals surface area contributed by atoms with Crippen molar-refractivity contribution in [3.05, 3.63) is 83.2 Å². The van der Waals surface area contributed by atoms with Gasteiger partial charge in [0.2, 0.25) is 5.52 Å². The van der Waals surface area contributed by atoms with E-state index in [1.54, 1.807) is 0 Å². The number of para-hydroxylation sites is 1. The number of rotatable bonds is 6. The predicted molar refractivity (Wildman–Crippen MR) is 125 cm³/mol. The van der Waals surface area contributed by atoms with E-state index < -0.39 is 0 Å². The monoisotopic (exact) mass is 403 g/mol. The van der Waals surface area contributed by atoms with Crippen LogP contribution < -0.4 is 9.47 Å². The van der Waals surface area contributed by atoms with Gasteiger partial charge in [0.15, 0.2) is 6.54 Å². The molecule has 0 aliphatic rings. The number of benzene rings is 2. The van der Waals surface area contributed by atoms with Crippen LogP contribution in [-0.4, -0.2) is 14.1 Å². The summed E-state index contributed by atoms with van der Waals surface area (Å²) < 4.78 is 3.62. The zero-order valence-corrected chi connectivity index (χ0v) is 17.8. The zero-order valence-electron chi connectivity index (χ0n) is 16.1. The second kappa shape index (κ2) is 8.13.